The molecule has 0 radical (unpaired) electrons. The smallest absolute Gasteiger partial charge is 0.410 e. The van der Waals surface area contributed by atoms with Crippen molar-refractivity contribution >= 4 is 6.09 Å². The molecule has 1 unspecified atom stereocenters. The van der Waals surface area contributed by atoms with E-state index < -0.39 is 5.60 Å². The number of likely N-dealkylation sites (tertiary alicyclic amines) is 1. The Balaban J connectivity index is 1.63. The summed E-state index contributed by atoms with van der Waals surface area (Å²) >= 11 is 0. The zero-order chi connectivity index (χ0) is 14.3. The van der Waals surface area contributed by atoms with Gasteiger partial charge in [-0.2, -0.15) is 5.10 Å². The summed E-state index contributed by atoms with van der Waals surface area (Å²) in [6, 6.07) is 0.299. The van der Waals surface area contributed by atoms with Crippen molar-refractivity contribution in [2.24, 2.45) is 0 Å². The number of nitrogens with zero attached hydrogens (tertiary/aromatic N) is 3. The van der Waals surface area contributed by atoms with E-state index in [-0.39, 0.29) is 6.09 Å². The molecule has 1 saturated heterocycles. The minimum absolute atomic E-state index is 0.209. The fourth-order valence-electron chi connectivity index (χ4n) is 2.97. The van der Waals surface area contributed by atoms with Crippen LogP contribution in [0.4, 0.5) is 4.79 Å². The van der Waals surface area contributed by atoms with Gasteiger partial charge in [-0.25, -0.2) is 4.79 Å². The standard InChI is InChI=1S/C15H23N3O2/c1-15(2,3)20-14(19)17-8-7-12(10-17)18-9-11-5-4-6-13(11)16-18/h9,12H,4-8,10H2,1-3H3. The maximum Gasteiger partial charge on any atom is 0.410 e. The molecule has 2 aliphatic rings. The third-order valence-corrected chi connectivity index (χ3v) is 3.94. The van der Waals surface area contributed by atoms with Crippen LogP contribution in [0.3, 0.4) is 0 Å². The Hall–Kier alpha value is -1.52. The lowest BCUT2D eigenvalue weighted by Crippen LogP contribution is -2.35. The molecule has 3 rings (SSSR count). The maximum absolute atomic E-state index is 12.1. The normalized spacial score (nSPS) is 22.1. The van der Waals surface area contributed by atoms with Gasteiger partial charge in [-0.15, -0.1) is 0 Å². The molecule has 1 aliphatic heterocycles. The van der Waals surface area contributed by atoms with Gasteiger partial charge < -0.3 is 9.64 Å². The van der Waals surface area contributed by atoms with Crippen LogP contribution >= 0.6 is 0 Å². The lowest BCUT2D eigenvalue weighted by atomic mass is 10.2. The summed E-state index contributed by atoms with van der Waals surface area (Å²) in [5, 5.41) is 4.68. The molecule has 1 aliphatic carbocycles. The summed E-state index contributed by atoms with van der Waals surface area (Å²) in [7, 11) is 0. The molecule has 0 spiro atoms. The maximum atomic E-state index is 12.1. The average Bonchev–Trinajstić information content (AvgIpc) is 3.01. The van der Waals surface area contributed by atoms with Gasteiger partial charge in [0, 0.05) is 19.3 Å². The van der Waals surface area contributed by atoms with Crippen molar-refractivity contribution in [2.75, 3.05) is 13.1 Å². The SMILES string of the molecule is CC(C)(C)OC(=O)N1CCC(n2cc3c(n2)CCC3)C1. The predicted octanol–water partition coefficient (Wildman–Crippen LogP) is 2.55. The topological polar surface area (TPSA) is 47.4 Å². The largest absolute Gasteiger partial charge is 0.444 e. The summed E-state index contributed by atoms with van der Waals surface area (Å²) in [5.41, 5.74) is 2.21. The van der Waals surface area contributed by atoms with Crippen molar-refractivity contribution in [1.82, 2.24) is 14.7 Å². The summed E-state index contributed by atoms with van der Waals surface area (Å²) in [6.45, 7) is 7.16. The van der Waals surface area contributed by atoms with Crippen LogP contribution in [-0.2, 0) is 17.6 Å². The molecule has 0 saturated carbocycles. The Morgan fingerprint density at radius 3 is 2.90 bits per heavy atom. The molecule has 5 nitrogen and oxygen atoms in total. The molecular formula is C15H23N3O2. The van der Waals surface area contributed by atoms with Crippen LogP contribution < -0.4 is 0 Å². The molecule has 1 fully saturated rings. The van der Waals surface area contributed by atoms with Crippen molar-refractivity contribution in [3.05, 3.63) is 17.5 Å². The van der Waals surface area contributed by atoms with Crippen molar-refractivity contribution in [3.8, 4) is 0 Å². The van der Waals surface area contributed by atoms with Crippen molar-refractivity contribution in [1.29, 1.82) is 0 Å². The number of aromatic nitrogens is 2. The first-order valence-corrected chi connectivity index (χ1v) is 7.47. The van der Waals surface area contributed by atoms with E-state index in [1.165, 1.54) is 17.7 Å². The van der Waals surface area contributed by atoms with Crippen LogP contribution in [0.5, 0.6) is 0 Å². The number of carbonyl (C=O) groups is 1. The average molecular weight is 277 g/mol. The van der Waals surface area contributed by atoms with Gasteiger partial charge >= 0.3 is 6.09 Å². The highest BCUT2D eigenvalue weighted by atomic mass is 16.6. The molecule has 0 bridgehead atoms. The van der Waals surface area contributed by atoms with Crippen LogP contribution in [0.15, 0.2) is 6.20 Å². The number of fused-ring (bicyclic) bond motifs is 1. The highest BCUT2D eigenvalue weighted by Gasteiger charge is 2.31. The van der Waals surface area contributed by atoms with E-state index in [1.54, 1.807) is 4.90 Å². The Kier molecular flexibility index (Phi) is 3.22. The number of ether oxygens (including phenoxy) is 1. The van der Waals surface area contributed by atoms with Gasteiger partial charge in [-0.05, 0) is 52.0 Å². The van der Waals surface area contributed by atoms with E-state index in [4.69, 9.17) is 4.74 Å². The molecule has 0 aromatic carbocycles. The van der Waals surface area contributed by atoms with Crippen LogP contribution in [-0.4, -0.2) is 39.5 Å². The Labute approximate surface area is 119 Å². The van der Waals surface area contributed by atoms with Crippen LogP contribution in [0, 0.1) is 0 Å². The summed E-state index contributed by atoms with van der Waals surface area (Å²) in [6.07, 6.45) is 6.40. The monoisotopic (exact) mass is 277 g/mol. The van der Waals surface area contributed by atoms with Gasteiger partial charge in [0.2, 0.25) is 0 Å². The highest BCUT2D eigenvalue weighted by molar-refractivity contribution is 5.68. The van der Waals surface area contributed by atoms with Gasteiger partial charge in [-0.3, -0.25) is 4.68 Å². The van der Waals surface area contributed by atoms with E-state index in [1.807, 2.05) is 20.8 Å². The Morgan fingerprint density at radius 2 is 2.20 bits per heavy atom. The molecule has 1 atom stereocenters. The Morgan fingerprint density at radius 1 is 1.40 bits per heavy atom. The number of aryl methyl sites for hydroxylation is 2. The third-order valence-electron chi connectivity index (χ3n) is 3.94. The van der Waals surface area contributed by atoms with E-state index in [9.17, 15) is 4.79 Å². The van der Waals surface area contributed by atoms with Crippen LogP contribution in [0.25, 0.3) is 0 Å². The molecule has 2 heterocycles. The molecule has 1 aromatic rings. The number of amides is 1. The minimum Gasteiger partial charge on any atom is -0.444 e. The molecule has 5 heteroatoms. The summed E-state index contributed by atoms with van der Waals surface area (Å²) in [5.74, 6) is 0. The molecule has 1 aromatic heterocycles. The van der Waals surface area contributed by atoms with Crippen LogP contribution in [0.2, 0.25) is 0 Å². The van der Waals surface area contributed by atoms with E-state index in [2.05, 4.69) is 16.0 Å². The third kappa shape index (κ3) is 2.67. The molecule has 20 heavy (non-hydrogen) atoms. The van der Waals surface area contributed by atoms with Crippen molar-refractivity contribution < 1.29 is 9.53 Å². The second kappa shape index (κ2) is 4.79. The van der Waals surface area contributed by atoms with Crippen molar-refractivity contribution in [3.63, 3.8) is 0 Å². The first-order valence-electron chi connectivity index (χ1n) is 7.47. The minimum atomic E-state index is -0.429. The number of carbonyl (C=O) groups excluding carboxylic acids is 1. The van der Waals surface area contributed by atoms with Gasteiger partial charge in [0.05, 0.1) is 11.7 Å². The summed E-state index contributed by atoms with van der Waals surface area (Å²) in [4.78, 5) is 13.8. The molecule has 1 amide bonds. The van der Waals surface area contributed by atoms with Gasteiger partial charge in [0.25, 0.3) is 0 Å². The lowest BCUT2D eigenvalue weighted by Gasteiger charge is -2.24. The summed E-state index contributed by atoms with van der Waals surface area (Å²) < 4.78 is 7.49. The number of rotatable bonds is 1. The van der Waals surface area contributed by atoms with Crippen molar-refractivity contribution in [2.45, 2.75) is 58.1 Å². The predicted molar refractivity (Wildman–Crippen MR) is 75.7 cm³/mol. The Bertz CT molecular complexity index is 494. The second-order valence-corrected chi connectivity index (χ2v) is 6.80. The van der Waals surface area contributed by atoms with E-state index in [0.29, 0.717) is 12.6 Å². The zero-order valence-electron chi connectivity index (χ0n) is 12.6. The lowest BCUT2D eigenvalue weighted by molar-refractivity contribution is 0.0288. The molecular weight excluding hydrogens is 254 g/mol. The fourth-order valence-corrected chi connectivity index (χ4v) is 2.97. The number of hydrogen-bond donors (Lipinski definition) is 0. The van der Waals surface area contributed by atoms with Gasteiger partial charge in [0.1, 0.15) is 5.60 Å². The first kappa shape index (κ1) is 13.5. The molecule has 110 valence electrons. The second-order valence-electron chi connectivity index (χ2n) is 6.80. The van der Waals surface area contributed by atoms with Gasteiger partial charge in [0.15, 0.2) is 0 Å². The first-order chi connectivity index (χ1) is 9.42. The number of hydrogen-bond acceptors (Lipinski definition) is 3. The van der Waals surface area contributed by atoms with Crippen LogP contribution in [0.1, 0.15) is 50.9 Å². The van der Waals surface area contributed by atoms with E-state index >= 15 is 0 Å². The molecule has 0 N–H and O–H groups in total. The quantitative estimate of drug-likeness (QED) is 0.792. The van der Waals surface area contributed by atoms with Gasteiger partial charge in [-0.1, -0.05) is 0 Å². The zero-order valence-corrected chi connectivity index (χ0v) is 12.6. The fraction of sp³-hybridized carbons (Fsp3) is 0.733. The van der Waals surface area contributed by atoms with E-state index in [0.717, 1.165) is 25.8 Å². The highest BCUT2D eigenvalue weighted by Crippen LogP contribution is 2.27.